The Morgan fingerprint density at radius 2 is 2.11 bits per heavy atom. The normalized spacial score (nSPS) is 16.1. The summed E-state index contributed by atoms with van der Waals surface area (Å²) in [5.74, 6) is 1.81. The van der Waals surface area contributed by atoms with E-state index in [9.17, 15) is 15.2 Å². The number of aliphatic hydroxyl groups excluding tert-OH is 1. The van der Waals surface area contributed by atoms with Crippen LogP contribution < -0.4 is 0 Å². The summed E-state index contributed by atoms with van der Waals surface area (Å²) in [6, 6.07) is 4.73. The Morgan fingerprint density at radius 1 is 1.39 bits per heavy atom. The second-order valence-electron chi connectivity index (χ2n) is 4.67. The maximum Gasteiger partial charge on any atom is 0.269 e. The monoisotopic (exact) mass is 267 g/mol. The van der Waals surface area contributed by atoms with Crippen LogP contribution in [0.4, 0.5) is 5.69 Å². The zero-order valence-electron chi connectivity index (χ0n) is 10.2. The first-order valence-corrected chi connectivity index (χ1v) is 7.20. The number of hydrogen-bond donors (Lipinski definition) is 1. The van der Waals surface area contributed by atoms with Crippen LogP contribution in [0.15, 0.2) is 23.1 Å². The summed E-state index contributed by atoms with van der Waals surface area (Å²) in [4.78, 5) is 11.2. The van der Waals surface area contributed by atoms with E-state index in [4.69, 9.17) is 0 Å². The number of nitro groups is 1. The van der Waals surface area contributed by atoms with Gasteiger partial charge in [-0.3, -0.25) is 10.1 Å². The van der Waals surface area contributed by atoms with Gasteiger partial charge in [-0.05, 0) is 30.4 Å². The molecule has 1 fully saturated rings. The van der Waals surface area contributed by atoms with Gasteiger partial charge in [0.25, 0.3) is 5.69 Å². The van der Waals surface area contributed by atoms with E-state index in [1.54, 1.807) is 17.8 Å². The molecule has 0 unspecified atom stereocenters. The summed E-state index contributed by atoms with van der Waals surface area (Å²) in [5.41, 5.74) is 0.705. The molecule has 1 aliphatic rings. The average Bonchev–Trinajstić information content (AvgIpc) is 2.89. The fourth-order valence-electron chi connectivity index (χ4n) is 2.33. The molecule has 98 valence electrons. The molecule has 0 amide bonds. The summed E-state index contributed by atoms with van der Waals surface area (Å²) < 4.78 is 0. The molecule has 1 aromatic rings. The number of nitrogens with zero attached hydrogens (tertiary/aromatic N) is 1. The van der Waals surface area contributed by atoms with Crippen molar-refractivity contribution in [2.24, 2.45) is 5.92 Å². The van der Waals surface area contributed by atoms with Crippen molar-refractivity contribution in [3.8, 4) is 0 Å². The Bertz CT molecular complexity index is 430. The van der Waals surface area contributed by atoms with Crippen molar-refractivity contribution < 1.29 is 10.0 Å². The predicted molar refractivity (Wildman–Crippen MR) is 71.7 cm³/mol. The molecule has 0 aliphatic heterocycles. The van der Waals surface area contributed by atoms with Crippen molar-refractivity contribution in [3.05, 3.63) is 33.9 Å². The maximum absolute atomic E-state index is 10.7. The first-order valence-electron chi connectivity index (χ1n) is 6.21. The van der Waals surface area contributed by atoms with Crippen LogP contribution in [0.3, 0.4) is 0 Å². The Kier molecular flexibility index (Phi) is 4.60. The van der Waals surface area contributed by atoms with Gasteiger partial charge in [0.15, 0.2) is 0 Å². The molecule has 1 saturated carbocycles. The topological polar surface area (TPSA) is 63.4 Å². The van der Waals surface area contributed by atoms with Gasteiger partial charge in [0.2, 0.25) is 0 Å². The Hall–Kier alpha value is -1.07. The summed E-state index contributed by atoms with van der Waals surface area (Å²) in [6.07, 6.45) is 5.21. The number of rotatable bonds is 5. The van der Waals surface area contributed by atoms with Crippen molar-refractivity contribution in [2.75, 3.05) is 5.75 Å². The standard InChI is InChI=1S/C13H17NO3S/c15-8-11-7-12(14(16)17)5-6-13(11)18-9-10-3-1-2-4-10/h5-7,10,15H,1-4,8-9H2. The van der Waals surface area contributed by atoms with E-state index < -0.39 is 4.92 Å². The highest BCUT2D eigenvalue weighted by molar-refractivity contribution is 7.99. The second kappa shape index (κ2) is 6.20. The second-order valence-corrected chi connectivity index (χ2v) is 5.73. The molecule has 0 aromatic heterocycles. The third-order valence-corrected chi connectivity index (χ3v) is 4.72. The van der Waals surface area contributed by atoms with Crippen LogP contribution in [-0.4, -0.2) is 15.8 Å². The highest BCUT2D eigenvalue weighted by Gasteiger charge is 2.16. The Labute approximate surface area is 111 Å². The lowest BCUT2D eigenvalue weighted by molar-refractivity contribution is -0.385. The smallest absolute Gasteiger partial charge is 0.269 e. The molecule has 1 aliphatic carbocycles. The van der Waals surface area contributed by atoms with Crippen molar-refractivity contribution >= 4 is 17.4 Å². The average molecular weight is 267 g/mol. The first-order chi connectivity index (χ1) is 8.70. The van der Waals surface area contributed by atoms with Crippen LogP contribution in [0.2, 0.25) is 0 Å². The van der Waals surface area contributed by atoms with E-state index in [2.05, 4.69) is 0 Å². The minimum Gasteiger partial charge on any atom is -0.392 e. The van der Waals surface area contributed by atoms with E-state index in [1.165, 1.54) is 37.8 Å². The predicted octanol–water partition coefficient (Wildman–Crippen LogP) is 3.37. The number of aliphatic hydroxyl groups is 1. The van der Waals surface area contributed by atoms with Crippen molar-refractivity contribution in [1.82, 2.24) is 0 Å². The first kappa shape index (κ1) is 13.4. The summed E-state index contributed by atoms with van der Waals surface area (Å²) in [7, 11) is 0. The van der Waals surface area contributed by atoms with E-state index in [-0.39, 0.29) is 12.3 Å². The maximum atomic E-state index is 10.7. The minimum absolute atomic E-state index is 0.0456. The van der Waals surface area contributed by atoms with Gasteiger partial charge in [-0.1, -0.05) is 12.8 Å². The molecule has 4 nitrogen and oxygen atoms in total. The van der Waals surface area contributed by atoms with Crippen LogP contribution in [-0.2, 0) is 6.61 Å². The molecule has 0 heterocycles. The molecule has 0 spiro atoms. The van der Waals surface area contributed by atoms with Gasteiger partial charge in [0.05, 0.1) is 11.5 Å². The molecule has 0 saturated heterocycles. The zero-order chi connectivity index (χ0) is 13.0. The SMILES string of the molecule is O=[N+]([O-])c1ccc(SCC2CCCC2)c(CO)c1. The lowest BCUT2D eigenvalue weighted by Gasteiger charge is -2.10. The molecule has 1 aromatic carbocycles. The van der Waals surface area contributed by atoms with Gasteiger partial charge >= 0.3 is 0 Å². The van der Waals surface area contributed by atoms with Crippen LogP contribution in [0.1, 0.15) is 31.2 Å². The molecule has 0 radical (unpaired) electrons. The highest BCUT2D eigenvalue weighted by Crippen LogP contribution is 2.33. The van der Waals surface area contributed by atoms with E-state index in [1.807, 2.05) is 0 Å². The zero-order valence-corrected chi connectivity index (χ0v) is 11.0. The number of hydrogen-bond acceptors (Lipinski definition) is 4. The van der Waals surface area contributed by atoms with Crippen molar-refractivity contribution in [2.45, 2.75) is 37.2 Å². The molecular formula is C13H17NO3S. The fourth-order valence-corrected chi connectivity index (χ4v) is 3.55. The lowest BCUT2D eigenvalue weighted by Crippen LogP contribution is -1.98. The van der Waals surface area contributed by atoms with Crippen molar-refractivity contribution in [1.29, 1.82) is 0 Å². The Balaban J connectivity index is 2.04. The highest BCUT2D eigenvalue weighted by atomic mass is 32.2. The van der Waals surface area contributed by atoms with E-state index in [0.717, 1.165) is 16.6 Å². The quantitative estimate of drug-likeness (QED) is 0.504. The molecule has 18 heavy (non-hydrogen) atoms. The molecule has 0 atom stereocenters. The van der Waals surface area contributed by atoms with Crippen LogP contribution in [0, 0.1) is 16.0 Å². The van der Waals surface area contributed by atoms with Crippen LogP contribution in [0.5, 0.6) is 0 Å². The summed E-state index contributed by atoms with van der Waals surface area (Å²) in [6.45, 7) is -0.144. The minimum atomic E-state index is -0.426. The summed E-state index contributed by atoms with van der Waals surface area (Å²) in [5, 5.41) is 19.9. The van der Waals surface area contributed by atoms with Gasteiger partial charge in [-0.15, -0.1) is 11.8 Å². The van der Waals surface area contributed by atoms with E-state index in [0.29, 0.717) is 5.56 Å². The number of nitro benzene ring substituents is 1. The van der Waals surface area contributed by atoms with Gasteiger partial charge < -0.3 is 5.11 Å². The number of thioether (sulfide) groups is 1. The van der Waals surface area contributed by atoms with E-state index >= 15 is 0 Å². The number of benzene rings is 1. The lowest BCUT2D eigenvalue weighted by atomic mass is 10.1. The summed E-state index contributed by atoms with van der Waals surface area (Å²) >= 11 is 1.71. The van der Waals surface area contributed by atoms with Gasteiger partial charge in [-0.25, -0.2) is 0 Å². The van der Waals surface area contributed by atoms with Crippen LogP contribution in [0.25, 0.3) is 0 Å². The van der Waals surface area contributed by atoms with Crippen molar-refractivity contribution in [3.63, 3.8) is 0 Å². The van der Waals surface area contributed by atoms with Gasteiger partial charge in [-0.2, -0.15) is 0 Å². The molecular weight excluding hydrogens is 250 g/mol. The number of non-ortho nitro benzene ring substituents is 1. The van der Waals surface area contributed by atoms with Gasteiger partial charge in [0.1, 0.15) is 0 Å². The third-order valence-electron chi connectivity index (χ3n) is 3.37. The molecule has 0 bridgehead atoms. The molecule has 5 heteroatoms. The van der Waals surface area contributed by atoms with Gasteiger partial charge in [0, 0.05) is 22.8 Å². The van der Waals surface area contributed by atoms with Crippen LogP contribution >= 0.6 is 11.8 Å². The largest absolute Gasteiger partial charge is 0.392 e. The molecule has 2 rings (SSSR count). The fraction of sp³-hybridized carbons (Fsp3) is 0.538. The molecule has 1 N–H and O–H groups in total. The Morgan fingerprint density at radius 3 is 2.72 bits per heavy atom. The third kappa shape index (κ3) is 3.23.